The molecule has 4 rings (SSSR count). The van der Waals surface area contributed by atoms with Crippen LogP contribution in [0.1, 0.15) is 31.4 Å². The van der Waals surface area contributed by atoms with Gasteiger partial charge in [-0.2, -0.15) is 0 Å². The molecule has 1 saturated carbocycles. The molecule has 0 saturated heterocycles. The molecule has 0 amide bonds. The first-order chi connectivity index (χ1) is 12.8. The van der Waals surface area contributed by atoms with Crippen molar-refractivity contribution in [2.75, 3.05) is 5.73 Å². The fourth-order valence-corrected chi connectivity index (χ4v) is 4.38. The van der Waals surface area contributed by atoms with Crippen LogP contribution in [0, 0.1) is 9.36 Å². The van der Waals surface area contributed by atoms with Gasteiger partial charge in [-0.1, -0.05) is 25.0 Å². The summed E-state index contributed by atoms with van der Waals surface area (Å²) < 4.78 is 2.08. The van der Waals surface area contributed by atoms with E-state index in [1.54, 1.807) is 11.3 Å². The Morgan fingerprint density at radius 1 is 1.37 bits per heavy atom. The number of nitrogen functional groups attached to an aromatic ring is 1. The van der Waals surface area contributed by atoms with Crippen molar-refractivity contribution in [3.63, 3.8) is 0 Å². The molecule has 0 radical (unpaired) electrons. The molecule has 1 aromatic carbocycles. The summed E-state index contributed by atoms with van der Waals surface area (Å²) >= 11 is 7.98. The standard InChI is InChI=1S/C8H12N2OS.C7H5NS2.C2H3NO2/c9-7-10-6(5-12-7)8(11)3-1-2-4-8;9-7-8-5-3-1-2-4-6(5)10-7;3-1-2(4)5/h5,11H,1-4H2,(H2,9,10);1-4H,(H,8,9);1,3H,(H,4,5). The lowest BCUT2D eigenvalue weighted by atomic mass is 9.99. The summed E-state index contributed by atoms with van der Waals surface area (Å²) in [5.74, 6) is -1.20. The Kier molecular flexibility index (Phi) is 7.60. The van der Waals surface area contributed by atoms with E-state index in [4.69, 9.17) is 33.3 Å². The van der Waals surface area contributed by atoms with Gasteiger partial charge in [0.1, 0.15) is 11.8 Å². The largest absolute Gasteiger partial charge is 0.477 e. The van der Waals surface area contributed by atoms with Crippen LogP contribution in [-0.4, -0.2) is 32.4 Å². The van der Waals surface area contributed by atoms with Gasteiger partial charge in [0.2, 0.25) is 0 Å². The Hall–Kier alpha value is -2.14. The summed E-state index contributed by atoms with van der Waals surface area (Å²) in [5.41, 5.74) is 6.73. The third-order valence-electron chi connectivity index (χ3n) is 3.88. The zero-order chi connectivity index (χ0) is 19.9. The van der Waals surface area contributed by atoms with E-state index in [2.05, 4.69) is 16.0 Å². The number of thiazole rings is 2. The number of anilines is 1. The number of aromatic amines is 1. The van der Waals surface area contributed by atoms with E-state index in [0.717, 1.165) is 40.8 Å². The van der Waals surface area contributed by atoms with E-state index >= 15 is 0 Å². The second-order valence-electron chi connectivity index (χ2n) is 5.80. The molecular formula is C17H20N4O3S3. The maximum atomic E-state index is 10.1. The monoisotopic (exact) mass is 424 g/mol. The SMILES string of the molecule is N=CC(=O)O.Nc1nc(C2(O)CCCC2)cs1.S=c1[nH]c2ccccc2s1. The van der Waals surface area contributed by atoms with Crippen LogP contribution in [-0.2, 0) is 10.4 Å². The quantitative estimate of drug-likeness (QED) is 0.309. The van der Waals surface area contributed by atoms with Gasteiger partial charge in [0, 0.05) is 5.38 Å². The normalized spacial score (nSPS) is 14.6. The van der Waals surface area contributed by atoms with Gasteiger partial charge >= 0.3 is 5.97 Å². The van der Waals surface area contributed by atoms with Gasteiger partial charge in [0.15, 0.2) is 9.09 Å². The molecular weight excluding hydrogens is 404 g/mol. The number of nitrogens with one attached hydrogen (secondary N) is 2. The Bertz CT molecular complexity index is 921. The summed E-state index contributed by atoms with van der Waals surface area (Å²) in [7, 11) is 0. The van der Waals surface area contributed by atoms with Crippen LogP contribution in [0.2, 0.25) is 0 Å². The second kappa shape index (κ2) is 9.70. The fraction of sp³-hybridized carbons (Fsp3) is 0.294. The predicted octanol–water partition coefficient (Wildman–Crippen LogP) is 4.17. The zero-order valence-electron chi connectivity index (χ0n) is 14.3. The Labute approximate surface area is 169 Å². The molecule has 10 heteroatoms. The Balaban J connectivity index is 0.000000158. The molecule has 1 aliphatic rings. The number of carbonyl (C=O) groups is 1. The smallest absolute Gasteiger partial charge is 0.346 e. The van der Waals surface area contributed by atoms with Gasteiger partial charge in [-0.15, -0.1) is 22.7 Å². The topological polar surface area (TPSA) is 136 Å². The van der Waals surface area contributed by atoms with Crippen molar-refractivity contribution in [1.29, 1.82) is 5.41 Å². The van der Waals surface area contributed by atoms with E-state index in [9.17, 15) is 5.11 Å². The van der Waals surface area contributed by atoms with E-state index in [-0.39, 0.29) is 0 Å². The molecule has 3 aromatic rings. The van der Waals surface area contributed by atoms with Crippen LogP contribution < -0.4 is 5.73 Å². The van der Waals surface area contributed by atoms with Crippen molar-refractivity contribution in [2.45, 2.75) is 31.3 Å². The highest BCUT2D eigenvalue weighted by Crippen LogP contribution is 2.38. The highest BCUT2D eigenvalue weighted by molar-refractivity contribution is 7.73. The lowest BCUT2D eigenvalue weighted by Gasteiger charge is -2.18. The highest BCUT2D eigenvalue weighted by atomic mass is 32.1. The maximum Gasteiger partial charge on any atom is 0.346 e. The first-order valence-electron chi connectivity index (χ1n) is 8.09. The van der Waals surface area contributed by atoms with Crippen molar-refractivity contribution >= 4 is 62.4 Å². The molecule has 0 aliphatic heterocycles. The first-order valence-corrected chi connectivity index (χ1v) is 10.2. The number of nitrogens with two attached hydrogens (primary N) is 1. The number of hydrogen-bond donors (Lipinski definition) is 5. The van der Waals surface area contributed by atoms with Crippen LogP contribution in [0.5, 0.6) is 0 Å². The van der Waals surface area contributed by atoms with Crippen molar-refractivity contribution in [1.82, 2.24) is 9.97 Å². The van der Waals surface area contributed by atoms with Crippen molar-refractivity contribution in [3.05, 3.63) is 39.3 Å². The average Bonchev–Trinajstić information content (AvgIpc) is 3.35. The third-order valence-corrected chi connectivity index (χ3v) is 5.77. The summed E-state index contributed by atoms with van der Waals surface area (Å²) in [5, 5.41) is 25.9. The number of carboxylic acid groups (broad SMARTS) is 1. The second-order valence-corrected chi connectivity index (χ2v) is 8.41. The number of benzene rings is 1. The molecule has 2 heterocycles. The Morgan fingerprint density at radius 3 is 2.52 bits per heavy atom. The number of nitrogens with zero attached hydrogens (tertiary/aromatic N) is 1. The third kappa shape index (κ3) is 6.21. The number of aliphatic carboxylic acids is 1. The van der Waals surface area contributed by atoms with E-state index in [1.807, 2.05) is 23.6 Å². The molecule has 0 unspecified atom stereocenters. The molecule has 27 heavy (non-hydrogen) atoms. The van der Waals surface area contributed by atoms with Crippen molar-refractivity contribution < 1.29 is 15.0 Å². The molecule has 144 valence electrons. The van der Waals surface area contributed by atoms with Crippen LogP contribution in [0.25, 0.3) is 10.2 Å². The van der Waals surface area contributed by atoms with Crippen LogP contribution in [0.4, 0.5) is 5.13 Å². The van der Waals surface area contributed by atoms with E-state index in [0.29, 0.717) is 11.3 Å². The highest BCUT2D eigenvalue weighted by Gasteiger charge is 2.34. The van der Waals surface area contributed by atoms with Gasteiger partial charge in [-0.25, -0.2) is 9.78 Å². The number of para-hydroxylation sites is 1. The summed E-state index contributed by atoms with van der Waals surface area (Å²) in [6, 6.07) is 8.11. The van der Waals surface area contributed by atoms with Crippen LogP contribution in [0.15, 0.2) is 29.6 Å². The number of aliphatic hydroxyl groups is 1. The Morgan fingerprint density at radius 2 is 2.00 bits per heavy atom. The first kappa shape index (κ1) is 21.2. The zero-order valence-corrected chi connectivity index (χ0v) is 16.8. The summed E-state index contributed by atoms with van der Waals surface area (Å²) in [6.07, 6.45) is 4.17. The minimum atomic E-state index is -1.20. The number of hydrogen-bond acceptors (Lipinski definition) is 8. The maximum absolute atomic E-state index is 10.1. The number of carboxylic acids is 1. The summed E-state index contributed by atoms with van der Waals surface area (Å²) in [4.78, 5) is 16.3. The predicted molar refractivity (Wildman–Crippen MR) is 112 cm³/mol. The lowest BCUT2D eigenvalue weighted by Crippen LogP contribution is -2.21. The van der Waals surface area contributed by atoms with Crippen molar-refractivity contribution in [3.8, 4) is 0 Å². The average molecular weight is 425 g/mol. The number of aromatic nitrogens is 2. The molecule has 1 aliphatic carbocycles. The minimum Gasteiger partial charge on any atom is -0.477 e. The van der Waals surface area contributed by atoms with Gasteiger partial charge in [0.25, 0.3) is 0 Å². The van der Waals surface area contributed by atoms with Gasteiger partial charge in [0.05, 0.1) is 15.9 Å². The lowest BCUT2D eigenvalue weighted by molar-refractivity contribution is -0.128. The number of H-pyrrole nitrogens is 1. The van der Waals surface area contributed by atoms with Crippen LogP contribution in [0.3, 0.4) is 0 Å². The molecule has 7 nitrogen and oxygen atoms in total. The van der Waals surface area contributed by atoms with Gasteiger partial charge < -0.3 is 26.3 Å². The molecule has 1 fully saturated rings. The minimum absolute atomic E-state index is 0.333. The van der Waals surface area contributed by atoms with E-state index < -0.39 is 11.6 Å². The molecule has 0 spiro atoms. The molecule has 0 atom stereocenters. The van der Waals surface area contributed by atoms with Crippen LogP contribution >= 0.6 is 34.9 Å². The number of fused-ring (bicyclic) bond motifs is 1. The van der Waals surface area contributed by atoms with Crippen molar-refractivity contribution in [2.24, 2.45) is 0 Å². The molecule has 2 aromatic heterocycles. The summed E-state index contributed by atoms with van der Waals surface area (Å²) in [6.45, 7) is 0. The molecule has 6 N–H and O–H groups in total. The number of rotatable bonds is 2. The van der Waals surface area contributed by atoms with Gasteiger partial charge in [-0.3, -0.25) is 0 Å². The fourth-order valence-electron chi connectivity index (χ4n) is 2.61. The molecule has 0 bridgehead atoms. The van der Waals surface area contributed by atoms with E-state index in [1.165, 1.54) is 16.0 Å². The van der Waals surface area contributed by atoms with Gasteiger partial charge in [-0.05, 0) is 37.2 Å².